The van der Waals surface area contributed by atoms with Crippen LogP contribution in [0.15, 0.2) is 0 Å². The smallest absolute Gasteiger partial charge is 0.422 e. The monoisotopic (exact) mass is 374 g/mol. The van der Waals surface area contributed by atoms with Crippen molar-refractivity contribution in [1.82, 2.24) is 9.88 Å². The number of ether oxygens (including phenoxy) is 1. The maximum atomic E-state index is 12.3. The van der Waals surface area contributed by atoms with Crippen LogP contribution < -0.4 is 4.74 Å². The van der Waals surface area contributed by atoms with E-state index in [1.165, 1.54) is 56.4 Å². The van der Waals surface area contributed by atoms with Crippen LogP contribution in [0.4, 0.5) is 13.2 Å². The fourth-order valence-electron chi connectivity index (χ4n) is 4.64. The predicted molar refractivity (Wildman–Crippen MR) is 91.1 cm³/mol. The Morgan fingerprint density at radius 3 is 2.68 bits per heavy atom. The molecule has 1 aromatic rings. The summed E-state index contributed by atoms with van der Waals surface area (Å²) in [6.07, 6.45) is 5.83. The van der Waals surface area contributed by atoms with Gasteiger partial charge in [0.15, 0.2) is 6.61 Å². The molecule has 0 bridgehead atoms. The second kappa shape index (κ2) is 6.72. The first-order chi connectivity index (χ1) is 11.9. The number of hydrogen-bond donors (Lipinski definition) is 0. The Kier molecular flexibility index (Phi) is 4.73. The second-order valence-electron chi connectivity index (χ2n) is 7.88. The summed E-state index contributed by atoms with van der Waals surface area (Å²) < 4.78 is 41.6. The minimum atomic E-state index is -4.31. The van der Waals surface area contributed by atoms with E-state index >= 15 is 0 Å². The van der Waals surface area contributed by atoms with Crippen LogP contribution in [0.1, 0.15) is 49.1 Å². The first kappa shape index (κ1) is 17.6. The van der Waals surface area contributed by atoms with Crippen molar-refractivity contribution in [2.45, 2.75) is 57.5 Å². The lowest BCUT2D eigenvalue weighted by molar-refractivity contribution is -0.153. The summed E-state index contributed by atoms with van der Waals surface area (Å²) >= 11 is 1.29. The molecule has 0 aromatic carbocycles. The Labute approximate surface area is 150 Å². The van der Waals surface area contributed by atoms with Crippen molar-refractivity contribution in [3.8, 4) is 5.19 Å². The van der Waals surface area contributed by atoms with E-state index < -0.39 is 12.8 Å². The third kappa shape index (κ3) is 4.13. The quantitative estimate of drug-likeness (QED) is 0.778. The van der Waals surface area contributed by atoms with Gasteiger partial charge >= 0.3 is 6.18 Å². The van der Waals surface area contributed by atoms with Crippen LogP contribution in [0.2, 0.25) is 0 Å². The molecule has 1 aliphatic heterocycles. The van der Waals surface area contributed by atoms with Gasteiger partial charge in [0.1, 0.15) is 0 Å². The maximum absolute atomic E-state index is 12.3. The Morgan fingerprint density at radius 1 is 1.16 bits per heavy atom. The summed E-state index contributed by atoms with van der Waals surface area (Å²) in [6.45, 7) is 1.88. The third-order valence-electron chi connectivity index (χ3n) is 6.12. The molecule has 2 fully saturated rings. The molecule has 3 nitrogen and oxygen atoms in total. The van der Waals surface area contributed by atoms with E-state index in [0.717, 1.165) is 42.4 Å². The van der Waals surface area contributed by atoms with Gasteiger partial charge in [-0.2, -0.15) is 13.2 Å². The van der Waals surface area contributed by atoms with Gasteiger partial charge in [0.05, 0.1) is 5.69 Å². The molecule has 25 heavy (non-hydrogen) atoms. The Balaban J connectivity index is 1.29. The number of alkyl halides is 3. The average Bonchev–Trinajstić information content (AvgIpc) is 3.11. The van der Waals surface area contributed by atoms with Crippen LogP contribution in [0.5, 0.6) is 5.19 Å². The molecule has 3 aliphatic rings. The molecule has 2 saturated carbocycles. The fourth-order valence-corrected chi connectivity index (χ4v) is 5.59. The fraction of sp³-hybridized carbons (Fsp3) is 0.833. The van der Waals surface area contributed by atoms with E-state index in [1.807, 2.05) is 0 Å². The van der Waals surface area contributed by atoms with Crippen molar-refractivity contribution in [1.29, 1.82) is 0 Å². The second-order valence-corrected chi connectivity index (χ2v) is 8.92. The Bertz CT molecular complexity index is 584. The van der Waals surface area contributed by atoms with Crippen LogP contribution >= 0.6 is 11.3 Å². The number of halogens is 3. The van der Waals surface area contributed by atoms with E-state index in [-0.39, 0.29) is 5.19 Å². The summed E-state index contributed by atoms with van der Waals surface area (Å²) in [6, 6.07) is 0. The number of aromatic nitrogens is 1. The van der Waals surface area contributed by atoms with Crippen molar-refractivity contribution in [2.75, 3.05) is 26.2 Å². The van der Waals surface area contributed by atoms with Gasteiger partial charge < -0.3 is 9.64 Å². The molecule has 1 atom stereocenters. The lowest BCUT2D eigenvalue weighted by Crippen LogP contribution is -2.30. The zero-order valence-corrected chi connectivity index (χ0v) is 15.2. The average molecular weight is 374 g/mol. The van der Waals surface area contributed by atoms with Crippen molar-refractivity contribution >= 4 is 11.3 Å². The molecule has 1 aromatic heterocycles. The number of nitrogens with zero attached hydrogens (tertiary/aromatic N) is 2. The standard InChI is InChI=1S/C18H25F3N2OS/c19-18(20,21)12-24-16-22-14-4-8-23(9-5-15(14)25-16)11-13-10-17(13)6-2-1-3-7-17/h13H,1-12H2/t13-/m0/s1. The van der Waals surface area contributed by atoms with Crippen LogP contribution in [0.25, 0.3) is 0 Å². The van der Waals surface area contributed by atoms with E-state index in [1.54, 1.807) is 0 Å². The highest BCUT2D eigenvalue weighted by atomic mass is 32.1. The molecule has 7 heteroatoms. The highest BCUT2D eigenvalue weighted by Crippen LogP contribution is 2.61. The van der Waals surface area contributed by atoms with Crippen LogP contribution in [-0.2, 0) is 12.8 Å². The van der Waals surface area contributed by atoms with Crippen LogP contribution in [0, 0.1) is 11.3 Å². The molecule has 4 rings (SSSR count). The van der Waals surface area contributed by atoms with E-state index in [0.29, 0.717) is 5.41 Å². The summed E-state index contributed by atoms with van der Waals surface area (Å²) in [5.74, 6) is 0.863. The zero-order chi connectivity index (χ0) is 17.5. The summed E-state index contributed by atoms with van der Waals surface area (Å²) in [7, 11) is 0. The normalized spacial score (nSPS) is 26.3. The lowest BCUT2D eigenvalue weighted by atomic mass is 9.84. The molecule has 140 valence electrons. The summed E-state index contributed by atoms with van der Waals surface area (Å²) in [4.78, 5) is 7.94. The third-order valence-corrected chi connectivity index (χ3v) is 7.19. The first-order valence-electron chi connectivity index (χ1n) is 9.34. The van der Waals surface area contributed by atoms with E-state index in [4.69, 9.17) is 4.74 Å². The van der Waals surface area contributed by atoms with Gasteiger partial charge in [0, 0.05) is 30.9 Å². The molecule has 0 radical (unpaired) electrons. The topological polar surface area (TPSA) is 25.4 Å². The van der Waals surface area contributed by atoms with Gasteiger partial charge in [-0.3, -0.25) is 0 Å². The number of hydrogen-bond acceptors (Lipinski definition) is 4. The molecule has 0 saturated heterocycles. The van der Waals surface area contributed by atoms with Crippen molar-refractivity contribution in [3.63, 3.8) is 0 Å². The molecule has 1 spiro atoms. The lowest BCUT2D eigenvalue weighted by Gasteiger charge is -2.25. The van der Waals surface area contributed by atoms with Gasteiger partial charge in [-0.25, -0.2) is 4.98 Å². The summed E-state index contributed by atoms with van der Waals surface area (Å²) in [5.41, 5.74) is 1.60. The Hall–Kier alpha value is -0.820. The molecule has 0 amide bonds. The van der Waals surface area contributed by atoms with Gasteiger partial charge in [0.25, 0.3) is 5.19 Å². The molecule has 0 unspecified atom stereocenters. The van der Waals surface area contributed by atoms with Crippen molar-refractivity contribution < 1.29 is 17.9 Å². The van der Waals surface area contributed by atoms with Gasteiger partial charge in [0.2, 0.25) is 0 Å². The predicted octanol–water partition coefficient (Wildman–Crippen LogP) is 4.46. The number of thiazole rings is 1. The minimum Gasteiger partial charge on any atom is -0.460 e. The molecule has 0 N–H and O–H groups in total. The SMILES string of the molecule is FC(F)(F)COc1nc2c(s1)CCN(C[C@@H]1CC13CCCCC3)CC2. The summed E-state index contributed by atoms with van der Waals surface area (Å²) in [5, 5.41) is 0.166. The largest absolute Gasteiger partial charge is 0.460 e. The van der Waals surface area contributed by atoms with E-state index in [2.05, 4.69) is 9.88 Å². The van der Waals surface area contributed by atoms with Crippen molar-refractivity contribution in [3.05, 3.63) is 10.6 Å². The molecule has 2 heterocycles. The van der Waals surface area contributed by atoms with Crippen LogP contribution in [-0.4, -0.2) is 42.3 Å². The molecule has 2 aliphatic carbocycles. The van der Waals surface area contributed by atoms with Gasteiger partial charge in [-0.05, 0) is 37.0 Å². The first-order valence-corrected chi connectivity index (χ1v) is 10.2. The highest BCUT2D eigenvalue weighted by Gasteiger charge is 2.53. The number of rotatable bonds is 4. The minimum absolute atomic E-state index is 0.166. The molecular formula is C18H25F3N2OS. The van der Waals surface area contributed by atoms with E-state index in [9.17, 15) is 13.2 Å². The van der Waals surface area contributed by atoms with Crippen LogP contribution in [0.3, 0.4) is 0 Å². The molecular weight excluding hydrogens is 349 g/mol. The Morgan fingerprint density at radius 2 is 1.92 bits per heavy atom. The van der Waals surface area contributed by atoms with Gasteiger partial charge in [-0.15, -0.1) is 0 Å². The van der Waals surface area contributed by atoms with Gasteiger partial charge in [-0.1, -0.05) is 30.6 Å². The maximum Gasteiger partial charge on any atom is 0.422 e. The zero-order valence-electron chi connectivity index (χ0n) is 14.4. The number of fused-ring (bicyclic) bond motifs is 1. The van der Waals surface area contributed by atoms with Crippen molar-refractivity contribution in [2.24, 2.45) is 11.3 Å². The highest BCUT2D eigenvalue weighted by molar-refractivity contribution is 7.13.